The van der Waals surface area contributed by atoms with Crippen molar-refractivity contribution in [3.63, 3.8) is 0 Å². The summed E-state index contributed by atoms with van der Waals surface area (Å²) in [6.07, 6.45) is 0.277. The first-order valence-corrected chi connectivity index (χ1v) is 4.82. The highest BCUT2D eigenvalue weighted by Gasteiger charge is 2.00. The van der Waals surface area contributed by atoms with Gasteiger partial charge in [-0.25, -0.2) is 0 Å². The molecule has 0 aromatic heterocycles. The molecule has 5 heteroatoms. The lowest BCUT2D eigenvalue weighted by Crippen LogP contribution is -2.15. The fourth-order valence-corrected chi connectivity index (χ4v) is 1.43. The molecule has 3 N–H and O–H groups in total. The quantitative estimate of drug-likeness (QED) is 0.838. The number of rotatable bonds is 4. The van der Waals surface area contributed by atoms with Crippen LogP contribution in [-0.2, 0) is 4.79 Å². The summed E-state index contributed by atoms with van der Waals surface area (Å²) in [6.45, 7) is 0.469. The summed E-state index contributed by atoms with van der Waals surface area (Å²) >= 11 is 11.6. The Labute approximate surface area is 92.2 Å². The summed E-state index contributed by atoms with van der Waals surface area (Å²) in [4.78, 5) is 10.5. The number of carbonyl (C=O) groups excluding carboxylic acids is 1. The summed E-state index contributed by atoms with van der Waals surface area (Å²) in [5, 5.41) is 4.09. The molecule has 0 aliphatic heterocycles. The maximum absolute atomic E-state index is 10.5. The van der Waals surface area contributed by atoms with Crippen LogP contribution in [0.15, 0.2) is 18.2 Å². The third-order valence-electron chi connectivity index (χ3n) is 1.62. The molecule has 1 aromatic rings. The third kappa shape index (κ3) is 3.44. The van der Waals surface area contributed by atoms with Crippen LogP contribution in [0, 0.1) is 0 Å². The first-order valence-electron chi connectivity index (χ1n) is 4.07. The second kappa shape index (κ2) is 5.08. The Bertz CT molecular complexity index is 342. The molecule has 0 saturated heterocycles. The molecule has 14 heavy (non-hydrogen) atoms. The molecule has 0 aliphatic carbocycles. The van der Waals surface area contributed by atoms with Gasteiger partial charge < -0.3 is 11.1 Å². The molecule has 0 bridgehead atoms. The predicted octanol–water partition coefficient (Wildman–Crippen LogP) is 2.28. The zero-order valence-electron chi connectivity index (χ0n) is 7.39. The number of primary amides is 1. The van der Waals surface area contributed by atoms with Crippen LogP contribution < -0.4 is 11.1 Å². The lowest BCUT2D eigenvalue weighted by molar-refractivity contribution is -0.117. The molecule has 0 saturated carbocycles. The molecule has 3 nitrogen and oxygen atoms in total. The molecule has 0 radical (unpaired) electrons. The maximum Gasteiger partial charge on any atom is 0.219 e. The standard InChI is InChI=1S/C9H10Cl2N2O/c10-6-1-2-8(7(11)5-6)13-4-3-9(12)14/h1-2,5,13H,3-4H2,(H2,12,14). The fourth-order valence-electron chi connectivity index (χ4n) is 0.953. The summed E-state index contributed by atoms with van der Waals surface area (Å²) in [7, 11) is 0. The average molecular weight is 233 g/mol. The Balaban J connectivity index is 2.55. The lowest BCUT2D eigenvalue weighted by Gasteiger charge is -2.06. The van der Waals surface area contributed by atoms with Crippen molar-refractivity contribution in [1.82, 2.24) is 0 Å². The van der Waals surface area contributed by atoms with Crippen LogP contribution in [0.4, 0.5) is 5.69 Å². The van der Waals surface area contributed by atoms with Crippen LogP contribution >= 0.6 is 23.2 Å². The Morgan fingerprint density at radius 2 is 2.14 bits per heavy atom. The zero-order chi connectivity index (χ0) is 10.6. The van der Waals surface area contributed by atoms with Crippen molar-refractivity contribution in [1.29, 1.82) is 0 Å². The topological polar surface area (TPSA) is 55.1 Å². The normalized spacial score (nSPS) is 9.86. The summed E-state index contributed by atoms with van der Waals surface area (Å²) < 4.78 is 0. The molecule has 76 valence electrons. The van der Waals surface area contributed by atoms with Gasteiger partial charge in [-0.15, -0.1) is 0 Å². The number of carbonyl (C=O) groups is 1. The van der Waals surface area contributed by atoms with Crippen LogP contribution in [0.2, 0.25) is 10.0 Å². The van der Waals surface area contributed by atoms with Crippen molar-refractivity contribution in [3.05, 3.63) is 28.2 Å². The van der Waals surface area contributed by atoms with Crippen molar-refractivity contribution in [2.24, 2.45) is 5.73 Å². The Kier molecular flexibility index (Phi) is 4.04. The zero-order valence-corrected chi connectivity index (χ0v) is 8.90. The number of anilines is 1. The highest BCUT2D eigenvalue weighted by Crippen LogP contribution is 2.25. The fraction of sp³-hybridized carbons (Fsp3) is 0.222. The Hall–Kier alpha value is -0.930. The van der Waals surface area contributed by atoms with Gasteiger partial charge >= 0.3 is 0 Å². The lowest BCUT2D eigenvalue weighted by atomic mass is 10.3. The number of nitrogens with one attached hydrogen (secondary N) is 1. The van der Waals surface area contributed by atoms with Gasteiger partial charge in [0.1, 0.15) is 0 Å². The van der Waals surface area contributed by atoms with Crippen LogP contribution in [0.25, 0.3) is 0 Å². The van der Waals surface area contributed by atoms with Crippen LogP contribution in [-0.4, -0.2) is 12.5 Å². The second-order valence-electron chi connectivity index (χ2n) is 2.77. The maximum atomic E-state index is 10.5. The predicted molar refractivity (Wildman–Crippen MR) is 58.8 cm³/mol. The smallest absolute Gasteiger partial charge is 0.219 e. The van der Waals surface area contributed by atoms with Crippen molar-refractivity contribution < 1.29 is 4.79 Å². The minimum absolute atomic E-state index is 0.277. The van der Waals surface area contributed by atoms with Gasteiger partial charge in [0, 0.05) is 18.0 Å². The van der Waals surface area contributed by atoms with Gasteiger partial charge in [-0.3, -0.25) is 4.79 Å². The molecular weight excluding hydrogens is 223 g/mol. The van der Waals surface area contributed by atoms with Gasteiger partial charge in [-0.2, -0.15) is 0 Å². The van der Waals surface area contributed by atoms with Gasteiger partial charge in [-0.1, -0.05) is 23.2 Å². The number of halogens is 2. The van der Waals surface area contributed by atoms with Crippen LogP contribution in [0.3, 0.4) is 0 Å². The van der Waals surface area contributed by atoms with Gasteiger partial charge in [0.05, 0.1) is 10.7 Å². The monoisotopic (exact) mass is 232 g/mol. The second-order valence-corrected chi connectivity index (χ2v) is 3.61. The largest absolute Gasteiger partial charge is 0.383 e. The highest BCUT2D eigenvalue weighted by atomic mass is 35.5. The number of amides is 1. The number of nitrogens with two attached hydrogens (primary N) is 1. The van der Waals surface area contributed by atoms with E-state index in [2.05, 4.69) is 5.32 Å². The van der Waals surface area contributed by atoms with Crippen LogP contribution in [0.5, 0.6) is 0 Å². The van der Waals surface area contributed by atoms with Crippen molar-refractivity contribution in [3.8, 4) is 0 Å². The van der Waals surface area contributed by atoms with E-state index in [0.717, 1.165) is 5.69 Å². The number of benzene rings is 1. The molecule has 0 unspecified atom stereocenters. The molecule has 0 atom stereocenters. The summed E-state index contributed by atoms with van der Waals surface area (Å²) in [5.74, 6) is -0.345. The minimum atomic E-state index is -0.345. The highest BCUT2D eigenvalue weighted by molar-refractivity contribution is 6.36. The van der Waals surface area contributed by atoms with Gasteiger partial charge in [-0.05, 0) is 18.2 Å². The summed E-state index contributed by atoms with van der Waals surface area (Å²) in [5.41, 5.74) is 5.73. The molecule has 0 fully saturated rings. The van der Waals surface area contributed by atoms with E-state index >= 15 is 0 Å². The van der Waals surface area contributed by atoms with E-state index in [1.54, 1.807) is 18.2 Å². The molecule has 0 heterocycles. The van der Waals surface area contributed by atoms with Crippen molar-refractivity contribution in [2.45, 2.75) is 6.42 Å². The SMILES string of the molecule is NC(=O)CCNc1ccc(Cl)cc1Cl. The molecular formula is C9H10Cl2N2O. The average Bonchev–Trinajstić information content (AvgIpc) is 2.08. The van der Waals surface area contributed by atoms with E-state index in [0.29, 0.717) is 16.6 Å². The number of hydrogen-bond donors (Lipinski definition) is 2. The van der Waals surface area contributed by atoms with Gasteiger partial charge in [0.15, 0.2) is 0 Å². The number of hydrogen-bond acceptors (Lipinski definition) is 2. The van der Waals surface area contributed by atoms with E-state index in [-0.39, 0.29) is 12.3 Å². The van der Waals surface area contributed by atoms with Crippen molar-refractivity contribution >= 4 is 34.8 Å². The summed E-state index contributed by atoms with van der Waals surface area (Å²) in [6, 6.07) is 5.11. The van der Waals surface area contributed by atoms with E-state index in [9.17, 15) is 4.79 Å². The van der Waals surface area contributed by atoms with E-state index in [4.69, 9.17) is 28.9 Å². The molecule has 0 spiro atoms. The Morgan fingerprint density at radius 1 is 1.43 bits per heavy atom. The van der Waals surface area contributed by atoms with Crippen molar-refractivity contribution in [2.75, 3.05) is 11.9 Å². The molecule has 1 aromatic carbocycles. The third-order valence-corrected chi connectivity index (χ3v) is 2.17. The first kappa shape index (κ1) is 11.1. The Morgan fingerprint density at radius 3 is 2.71 bits per heavy atom. The van der Waals surface area contributed by atoms with E-state index in [1.807, 2.05) is 0 Å². The molecule has 1 rings (SSSR count). The van der Waals surface area contributed by atoms with Crippen LogP contribution in [0.1, 0.15) is 6.42 Å². The van der Waals surface area contributed by atoms with E-state index < -0.39 is 0 Å². The van der Waals surface area contributed by atoms with Gasteiger partial charge in [0.25, 0.3) is 0 Å². The molecule has 0 aliphatic rings. The minimum Gasteiger partial charge on any atom is -0.383 e. The first-order chi connectivity index (χ1) is 6.59. The molecule has 1 amide bonds. The van der Waals surface area contributed by atoms with Gasteiger partial charge in [0.2, 0.25) is 5.91 Å². The van der Waals surface area contributed by atoms with E-state index in [1.165, 1.54) is 0 Å².